The van der Waals surface area contributed by atoms with E-state index in [0.29, 0.717) is 30.8 Å². The Hall–Kier alpha value is -3.79. The molecule has 1 aliphatic carbocycles. The molecule has 1 aliphatic rings. The Morgan fingerprint density at radius 1 is 1.10 bits per heavy atom. The van der Waals surface area contributed by atoms with E-state index in [4.69, 9.17) is 16.0 Å². The summed E-state index contributed by atoms with van der Waals surface area (Å²) in [5.41, 5.74) is 4.52. The average Bonchev–Trinajstić information content (AvgIpc) is 3.49. The Morgan fingerprint density at radius 2 is 2.00 bits per heavy atom. The molecule has 3 aromatic heterocycles. The van der Waals surface area contributed by atoms with Crippen molar-refractivity contribution in [3.8, 4) is 0 Å². The minimum absolute atomic E-state index is 0.00146. The molecule has 0 aliphatic heterocycles. The monoisotopic (exact) mass is 411 g/mol. The van der Waals surface area contributed by atoms with E-state index >= 15 is 0 Å². The molecule has 0 spiro atoms. The van der Waals surface area contributed by atoms with Crippen LogP contribution in [-0.4, -0.2) is 25.7 Å². The zero-order chi connectivity index (χ0) is 20.9. The van der Waals surface area contributed by atoms with Crippen LogP contribution in [0.5, 0.6) is 0 Å². The maximum absolute atomic E-state index is 14.2. The van der Waals surface area contributed by atoms with Crippen LogP contribution in [0.1, 0.15) is 37.0 Å². The molecule has 3 heterocycles. The SMILES string of the molecule is [C-]#[N+]c1ccc2ncc3nc(Cc4nc5ccccc5o4)n([C@@H]4CC[C@H](F)C4)c3c2c1. The highest BCUT2D eigenvalue weighted by molar-refractivity contribution is 6.03. The number of hydrogen-bond donors (Lipinski definition) is 0. The molecule has 5 aromatic rings. The molecule has 1 saturated carbocycles. The first-order valence-corrected chi connectivity index (χ1v) is 10.3. The van der Waals surface area contributed by atoms with E-state index in [1.165, 1.54) is 0 Å². The minimum Gasteiger partial charge on any atom is -0.440 e. The highest BCUT2D eigenvalue weighted by Crippen LogP contribution is 2.38. The van der Waals surface area contributed by atoms with Gasteiger partial charge in [0.15, 0.2) is 11.3 Å². The molecular formula is C24H18FN5O. The van der Waals surface area contributed by atoms with Crippen molar-refractivity contribution in [1.29, 1.82) is 0 Å². The lowest BCUT2D eigenvalue weighted by molar-refractivity contribution is 0.330. The molecular weight excluding hydrogens is 393 g/mol. The summed E-state index contributed by atoms with van der Waals surface area (Å²) in [5, 5.41) is 0.865. The molecule has 0 N–H and O–H groups in total. The second-order valence-electron chi connectivity index (χ2n) is 8.02. The smallest absolute Gasteiger partial charge is 0.203 e. The van der Waals surface area contributed by atoms with Gasteiger partial charge in [0.2, 0.25) is 5.89 Å². The minimum atomic E-state index is -0.813. The number of benzene rings is 2. The largest absolute Gasteiger partial charge is 0.440 e. The second-order valence-corrected chi connectivity index (χ2v) is 8.02. The normalized spacial score (nSPS) is 18.8. The Morgan fingerprint density at radius 3 is 2.81 bits per heavy atom. The van der Waals surface area contributed by atoms with Gasteiger partial charge in [0.25, 0.3) is 0 Å². The fraction of sp³-hybridized carbons (Fsp3) is 0.250. The Labute approximate surface area is 177 Å². The number of alkyl halides is 1. The zero-order valence-corrected chi connectivity index (χ0v) is 16.6. The molecule has 1 fully saturated rings. The average molecular weight is 411 g/mol. The van der Waals surface area contributed by atoms with Crippen molar-refractivity contribution in [3.63, 3.8) is 0 Å². The predicted molar refractivity (Wildman–Crippen MR) is 116 cm³/mol. The second kappa shape index (κ2) is 6.88. The number of oxazole rings is 1. The van der Waals surface area contributed by atoms with Gasteiger partial charge >= 0.3 is 0 Å². The van der Waals surface area contributed by atoms with Crippen molar-refractivity contribution in [2.24, 2.45) is 0 Å². The van der Waals surface area contributed by atoms with E-state index in [9.17, 15) is 4.39 Å². The van der Waals surface area contributed by atoms with E-state index in [1.54, 1.807) is 12.3 Å². The Kier molecular flexibility index (Phi) is 4.00. The van der Waals surface area contributed by atoms with Gasteiger partial charge in [-0.2, -0.15) is 0 Å². The van der Waals surface area contributed by atoms with Crippen LogP contribution in [0.15, 0.2) is 53.1 Å². The van der Waals surface area contributed by atoms with Crippen molar-refractivity contribution in [2.75, 3.05) is 0 Å². The topological polar surface area (TPSA) is 61.1 Å². The number of hydrogen-bond acceptors (Lipinski definition) is 4. The van der Waals surface area contributed by atoms with Crippen LogP contribution in [0.2, 0.25) is 0 Å². The van der Waals surface area contributed by atoms with E-state index < -0.39 is 6.17 Å². The summed E-state index contributed by atoms with van der Waals surface area (Å²) in [6.07, 6.45) is 3.09. The lowest BCUT2D eigenvalue weighted by atomic mass is 10.1. The number of nitrogens with zero attached hydrogens (tertiary/aromatic N) is 5. The third-order valence-corrected chi connectivity index (χ3v) is 6.06. The van der Waals surface area contributed by atoms with Gasteiger partial charge in [-0.3, -0.25) is 4.98 Å². The van der Waals surface area contributed by atoms with Crippen LogP contribution in [0, 0.1) is 6.57 Å². The summed E-state index contributed by atoms with van der Waals surface area (Å²) < 4.78 is 22.3. The lowest BCUT2D eigenvalue weighted by Crippen LogP contribution is -2.11. The van der Waals surface area contributed by atoms with E-state index in [0.717, 1.165) is 45.3 Å². The van der Waals surface area contributed by atoms with E-state index in [2.05, 4.69) is 19.4 Å². The molecule has 0 saturated heterocycles. The van der Waals surface area contributed by atoms with Gasteiger partial charge in [-0.05, 0) is 43.5 Å². The number of imidazole rings is 1. The molecule has 0 radical (unpaired) electrons. The zero-order valence-electron chi connectivity index (χ0n) is 16.6. The maximum Gasteiger partial charge on any atom is 0.203 e. The van der Waals surface area contributed by atoms with Crippen LogP contribution in [0.4, 0.5) is 10.1 Å². The third-order valence-electron chi connectivity index (χ3n) is 6.06. The highest BCUT2D eigenvalue weighted by atomic mass is 19.1. The van der Waals surface area contributed by atoms with Gasteiger partial charge in [-0.1, -0.05) is 18.2 Å². The first-order valence-electron chi connectivity index (χ1n) is 10.3. The fourth-order valence-electron chi connectivity index (χ4n) is 4.67. The molecule has 31 heavy (non-hydrogen) atoms. The van der Waals surface area contributed by atoms with Crippen LogP contribution in [-0.2, 0) is 6.42 Å². The van der Waals surface area contributed by atoms with Crippen LogP contribution in [0.3, 0.4) is 0 Å². The summed E-state index contributed by atoms with van der Waals surface area (Å²) in [6.45, 7) is 7.39. The first-order chi connectivity index (χ1) is 15.2. The summed E-state index contributed by atoms with van der Waals surface area (Å²) in [4.78, 5) is 17.6. The van der Waals surface area contributed by atoms with Crippen molar-refractivity contribution in [2.45, 2.75) is 37.9 Å². The number of pyridine rings is 1. The maximum atomic E-state index is 14.2. The summed E-state index contributed by atoms with van der Waals surface area (Å²) >= 11 is 0. The number of halogens is 1. The van der Waals surface area contributed by atoms with Crippen LogP contribution < -0.4 is 0 Å². The molecule has 0 bridgehead atoms. The van der Waals surface area contributed by atoms with Crippen molar-refractivity contribution in [3.05, 3.63) is 71.8 Å². The van der Waals surface area contributed by atoms with E-state index in [1.807, 2.05) is 36.4 Å². The third kappa shape index (κ3) is 2.95. The van der Waals surface area contributed by atoms with Crippen molar-refractivity contribution >= 4 is 38.7 Å². The van der Waals surface area contributed by atoms with Crippen LogP contribution in [0.25, 0.3) is 37.9 Å². The fourth-order valence-corrected chi connectivity index (χ4v) is 4.67. The van der Waals surface area contributed by atoms with Crippen molar-refractivity contribution < 1.29 is 8.81 Å². The quantitative estimate of drug-likeness (QED) is 0.345. The lowest BCUT2D eigenvalue weighted by Gasteiger charge is -2.17. The van der Waals surface area contributed by atoms with Gasteiger partial charge < -0.3 is 8.98 Å². The number of rotatable bonds is 3. The number of para-hydroxylation sites is 2. The molecule has 2 aromatic carbocycles. The summed E-state index contributed by atoms with van der Waals surface area (Å²) in [7, 11) is 0. The molecule has 6 rings (SSSR count). The van der Waals surface area contributed by atoms with Gasteiger partial charge in [-0.25, -0.2) is 19.2 Å². The van der Waals surface area contributed by atoms with Crippen LogP contribution >= 0.6 is 0 Å². The molecule has 152 valence electrons. The first kappa shape index (κ1) is 18.0. The summed E-state index contributed by atoms with van der Waals surface area (Å²) in [6, 6.07) is 13.1. The van der Waals surface area contributed by atoms with Gasteiger partial charge in [0.1, 0.15) is 23.0 Å². The standard InChI is InChI=1S/C24H18FN5O/c1-26-15-7-9-18-17(11-15)24-20(13-27-18)28-22(30(24)16-8-6-14(25)10-16)12-23-29-19-4-2-3-5-21(19)31-23/h2-5,7,9,11,13-14,16H,6,8,10,12H2/t14-,16+/m0/s1. The molecule has 6 nitrogen and oxygen atoms in total. The van der Waals surface area contributed by atoms with E-state index in [-0.39, 0.29) is 6.04 Å². The van der Waals surface area contributed by atoms with Gasteiger partial charge in [-0.15, -0.1) is 0 Å². The number of fused-ring (bicyclic) bond motifs is 4. The van der Waals surface area contributed by atoms with Gasteiger partial charge in [0.05, 0.1) is 30.2 Å². The Bertz CT molecular complexity index is 1460. The molecule has 0 unspecified atom stereocenters. The highest BCUT2D eigenvalue weighted by Gasteiger charge is 2.30. The van der Waals surface area contributed by atoms with Gasteiger partial charge in [0, 0.05) is 11.4 Å². The predicted octanol–water partition coefficient (Wildman–Crippen LogP) is 5.93. The number of aromatic nitrogens is 4. The molecule has 2 atom stereocenters. The van der Waals surface area contributed by atoms with Crippen molar-refractivity contribution in [1.82, 2.24) is 19.5 Å². The Balaban J connectivity index is 1.57. The molecule has 7 heteroatoms. The summed E-state index contributed by atoms with van der Waals surface area (Å²) in [5.74, 6) is 1.36. The molecule has 0 amide bonds.